The number of methoxy groups -OCH3 is 1. The van der Waals surface area contributed by atoms with Crippen LogP contribution in [0.2, 0.25) is 0 Å². The SMILES string of the molecule is CCOC(=O)N1CCN(C(=O)c2sc(C)cc2OC)CC1. The Morgan fingerprint density at radius 2 is 1.86 bits per heavy atom. The number of nitrogens with zero attached hydrogens (tertiary/aromatic N) is 2. The highest BCUT2D eigenvalue weighted by Gasteiger charge is 2.28. The summed E-state index contributed by atoms with van der Waals surface area (Å²) in [6.45, 7) is 6.11. The second-order valence-electron chi connectivity index (χ2n) is 4.73. The van der Waals surface area contributed by atoms with E-state index >= 15 is 0 Å². The fourth-order valence-corrected chi connectivity index (χ4v) is 3.19. The van der Waals surface area contributed by atoms with Gasteiger partial charge in [0.15, 0.2) is 0 Å². The number of thiophene rings is 1. The molecule has 2 amide bonds. The average Bonchev–Trinajstić information content (AvgIpc) is 2.88. The van der Waals surface area contributed by atoms with Crippen molar-refractivity contribution in [2.75, 3.05) is 39.9 Å². The zero-order valence-electron chi connectivity index (χ0n) is 12.5. The molecule has 1 aromatic rings. The van der Waals surface area contributed by atoms with Gasteiger partial charge in [-0.1, -0.05) is 0 Å². The van der Waals surface area contributed by atoms with E-state index in [1.54, 1.807) is 23.8 Å². The summed E-state index contributed by atoms with van der Waals surface area (Å²) < 4.78 is 10.2. The molecule has 1 aliphatic heterocycles. The molecule has 116 valence electrons. The molecular formula is C14H20N2O4S. The second kappa shape index (κ2) is 6.80. The topological polar surface area (TPSA) is 59.1 Å². The maximum atomic E-state index is 12.5. The van der Waals surface area contributed by atoms with Gasteiger partial charge in [-0.25, -0.2) is 4.79 Å². The Bertz CT molecular complexity index is 521. The third-order valence-corrected chi connectivity index (χ3v) is 4.35. The Kier molecular flexibility index (Phi) is 5.06. The molecule has 0 spiro atoms. The van der Waals surface area contributed by atoms with Crippen LogP contribution in [0.5, 0.6) is 5.75 Å². The van der Waals surface area contributed by atoms with Gasteiger partial charge in [0.2, 0.25) is 0 Å². The van der Waals surface area contributed by atoms with E-state index in [2.05, 4.69) is 0 Å². The van der Waals surface area contributed by atoms with Crippen LogP contribution in [0.15, 0.2) is 6.07 Å². The van der Waals surface area contributed by atoms with Crippen molar-refractivity contribution in [1.29, 1.82) is 0 Å². The van der Waals surface area contributed by atoms with Crippen LogP contribution in [-0.4, -0.2) is 61.7 Å². The third-order valence-electron chi connectivity index (χ3n) is 3.33. The summed E-state index contributed by atoms with van der Waals surface area (Å²) >= 11 is 1.43. The van der Waals surface area contributed by atoms with Gasteiger partial charge >= 0.3 is 6.09 Å². The number of piperazine rings is 1. The highest BCUT2D eigenvalue weighted by Crippen LogP contribution is 2.30. The molecule has 1 aliphatic rings. The molecular weight excluding hydrogens is 292 g/mol. The first-order valence-electron chi connectivity index (χ1n) is 6.92. The van der Waals surface area contributed by atoms with E-state index in [0.29, 0.717) is 43.4 Å². The van der Waals surface area contributed by atoms with Crippen LogP contribution in [0.1, 0.15) is 21.5 Å². The van der Waals surface area contributed by atoms with Gasteiger partial charge in [0.25, 0.3) is 5.91 Å². The molecule has 7 heteroatoms. The van der Waals surface area contributed by atoms with Gasteiger partial charge in [0.05, 0.1) is 13.7 Å². The average molecular weight is 312 g/mol. The molecule has 0 unspecified atom stereocenters. The van der Waals surface area contributed by atoms with Gasteiger partial charge in [-0.15, -0.1) is 11.3 Å². The van der Waals surface area contributed by atoms with Crippen LogP contribution in [0.3, 0.4) is 0 Å². The Labute approximate surface area is 128 Å². The zero-order chi connectivity index (χ0) is 15.4. The molecule has 6 nitrogen and oxygen atoms in total. The van der Waals surface area contributed by atoms with Gasteiger partial charge in [0, 0.05) is 31.1 Å². The van der Waals surface area contributed by atoms with Gasteiger partial charge < -0.3 is 19.3 Å². The van der Waals surface area contributed by atoms with E-state index in [0.717, 1.165) is 4.88 Å². The molecule has 0 aliphatic carbocycles. The lowest BCUT2D eigenvalue weighted by Crippen LogP contribution is -2.50. The van der Waals surface area contributed by atoms with Gasteiger partial charge in [-0.05, 0) is 19.9 Å². The second-order valence-corrected chi connectivity index (χ2v) is 5.99. The van der Waals surface area contributed by atoms with Crippen LogP contribution in [-0.2, 0) is 4.74 Å². The van der Waals surface area contributed by atoms with E-state index in [1.807, 2.05) is 13.0 Å². The Morgan fingerprint density at radius 1 is 1.24 bits per heavy atom. The monoisotopic (exact) mass is 312 g/mol. The quantitative estimate of drug-likeness (QED) is 0.856. The van der Waals surface area contributed by atoms with Crippen LogP contribution < -0.4 is 4.74 Å². The molecule has 1 aromatic heterocycles. The molecule has 0 bridgehead atoms. The van der Waals surface area contributed by atoms with Crippen molar-refractivity contribution < 1.29 is 19.1 Å². The number of carbonyl (C=O) groups is 2. The lowest BCUT2D eigenvalue weighted by atomic mass is 10.3. The number of hydrogen-bond acceptors (Lipinski definition) is 5. The molecule has 2 rings (SSSR count). The number of carbonyl (C=O) groups excluding carboxylic acids is 2. The van der Waals surface area contributed by atoms with Crippen LogP contribution in [0.4, 0.5) is 4.79 Å². The van der Waals surface area contributed by atoms with Crippen LogP contribution in [0, 0.1) is 6.92 Å². The van der Waals surface area contributed by atoms with Crippen molar-refractivity contribution in [2.45, 2.75) is 13.8 Å². The van der Waals surface area contributed by atoms with Gasteiger partial charge in [-0.2, -0.15) is 0 Å². The van der Waals surface area contributed by atoms with Crippen molar-refractivity contribution in [3.8, 4) is 5.75 Å². The third kappa shape index (κ3) is 3.47. The maximum Gasteiger partial charge on any atom is 0.409 e. The van der Waals surface area contributed by atoms with E-state index in [9.17, 15) is 9.59 Å². The summed E-state index contributed by atoms with van der Waals surface area (Å²) in [5.41, 5.74) is 0. The van der Waals surface area contributed by atoms with Crippen molar-refractivity contribution >= 4 is 23.3 Å². The largest absolute Gasteiger partial charge is 0.495 e. The Morgan fingerprint density at radius 3 is 2.43 bits per heavy atom. The predicted molar refractivity (Wildman–Crippen MR) is 80.1 cm³/mol. The Hall–Kier alpha value is -1.76. The molecule has 21 heavy (non-hydrogen) atoms. The summed E-state index contributed by atoms with van der Waals surface area (Å²) in [5, 5.41) is 0. The number of amides is 2. The molecule has 0 N–H and O–H groups in total. The summed E-state index contributed by atoms with van der Waals surface area (Å²) in [4.78, 5) is 29.2. The Balaban J connectivity index is 1.98. The van der Waals surface area contributed by atoms with Crippen molar-refractivity contribution in [1.82, 2.24) is 9.80 Å². The minimum atomic E-state index is -0.311. The lowest BCUT2D eigenvalue weighted by molar-refractivity contribution is 0.0572. The van der Waals surface area contributed by atoms with Gasteiger partial charge in [-0.3, -0.25) is 4.79 Å². The fourth-order valence-electron chi connectivity index (χ4n) is 2.24. The number of aryl methyl sites for hydroxylation is 1. The first kappa shape index (κ1) is 15.6. The molecule has 0 radical (unpaired) electrons. The van der Waals surface area contributed by atoms with Crippen molar-refractivity contribution in [2.24, 2.45) is 0 Å². The molecule has 0 saturated carbocycles. The molecule has 1 fully saturated rings. The van der Waals surface area contributed by atoms with Gasteiger partial charge in [0.1, 0.15) is 10.6 Å². The van der Waals surface area contributed by atoms with Crippen molar-refractivity contribution in [3.63, 3.8) is 0 Å². The van der Waals surface area contributed by atoms with Crippen LogP contribution in [0.25, 0.3) is 0 Å². The lowest BCUT2D eigenvalue weighted by Gasteiger charge is -2.33. The summed E-state index contributed by atoms with van der Waals surface area (Å²) in [7, 11) is 1.57. The fraction of sp³-hybridized carbons (Fsp3) is 0.571. The zero-order valence-corrected chi connectivity index (χ0v) is 13.4. The minimum Gasteiger partial charge on any atom is -0.495 e. The molecule has 1 saturated heterocycles. The highest BCUT2D eigenvalue weighted by atomic mass is 32.1. The summed E-state index contributed by atoms with van der Waals surface area (Å²) in [6, 6.07) is 1.87. The van der Waals surface area contributed by atoms with Crippen molar-refractivity contribution in [3.05, 3.63) is 15.8 Å². The van der Waals surface area contributed by atoms with E-state index in [4.69, 9.17) is 9.47 Å². The molecule has 0 atom stereocenters. The van der Waals surface area contributed by atoms with E-state index < -0.39 is 0 Å². The highest BCUT2D eigenvalue weighted by molar-refractivity contribution is 7.14. The predicted octanol–water partition coefficient (Wildman–Crippen LogP) is 1.98. The van der Waals surface area contributed by atoms with E-state index in [-0.39, 0.29) is 12.0 Å². The number of rotatable bonds is 3. The van der Waals surface area contributed by atoms with E-state index in [1.165, 1.54) is 11.3 Å². The van der Waals surface area contributed by atoms with Crippen LogP contribution >= 0.6 is 11.3 Å². The first-order chi connectivity index (χ1) is 10.1. The molecule has 0 aromatic carbocycles. The smallest absolute Gasteiger partial charge is 0.409 e. The normalized spacial score (nSPS) is 15.0. The standard InChI is InChI=1S/C14H20N2O4S/c1-4-20-14(18)16-7-5-15(6-8-16)13(17)12-11(19-3)9-10(2)21-12/h9H,4-8H2,1-3H3. The minimum absolute atomic E-state index is 0.0338. The summed E-state index contributed by atoms with van der Waals surface area (Å²) in [6.07, 6.45) is -0.311. The first-order valence-corrected chi connectivity index (χ1v) is 7.73. The number of hydrogen-bond donors (Lipinski definition) is 0. The summed E-state index contributed by atoms with van der Waals surface area (Å²) in [5.74, 6) is 0.587. The number of ether oxygens (including phenoxy) is 2. The maximum absolute atomic E-state index is 12.5. The molecule has 2 heterocycles.